The van der Waals surface area contributed by atoms with Gasteiger partial charge < -0.3 is 5.32 Å². The van der Waals surface area contributed by atoms with E-state index in [0.29, 0.717) is 0 Å². The molecule has 19 heavy (non-hydrogen) atoms. The largest absolute Gasteiger partial charge is 0.311 e. The van der Waals surface area contributed by atoms with Gasteiger partial charge in [-0.2, -0.15) is 0 Å². The maximum Gasteiger partial charge on any atom is 0.159 e. The molecule has 0 saturated carbocycles. The molecule has 0 fully saturated rings. The Balaban J connectivity index is 2.29. The van der Waals surface area contributed by atoms with E-state index >= 15 is 0 Å². The monoisotopic (exact) mass is 255 g/mol. The lowest BCUT2D eigenvalue weighted by Crippen LogP contribution is -2.15. The van der Waals surface area contributed by atoms with Crippen LogP contribution in [0.5, 0.6) is 0 Å². The van der Waals surface area contributed by atoms with E-state index < -0.39 is 0 Å². The molecule has 100 valence electrons. The first-order valence-electron chi connectivity index (χ1n) is 6.82. The highest BCUT2D eigenvalue weighted by Crippen LogP contribution is 2.19. The highest BCUT2D eigenvalue weighted by molar-refractivity contribution is 5.59. The van der Waals surface area contributed by atoms with Crippen LogP contribution >= 0.6 is 0 Å². The fourth-order valence-corrected chi connectivity index (χ4v) is 2.06. The van der Waals surface area contributed by atoms with Crippen LogP contribution in [0, 0.1) is 13.8 Å². The van der Waals surface area contributed by atoms with Crippen LogP contribution in [-0.2, 0) is 6.54 Å². The van der Waals surface area contributed by atoms with Gasteiger partial charge >= 0.3 is 0 Å². The third kappa shape index (κ3) is 3.61. The molecule has 0 atom stereocenters. The minimum atomic E-state index is 0.802. The second kappa shape index (κ2) is 6.43. The number of hydrogen-bond acceptors (Lipinski definition) is 3. The molecule has 1 aromatic heterocycles. The van der Waals surface area contributed by atoms with Gasteiger partial charge in [-0.05, 0) is 38.4 Å². The zero-order valence-electron chi connectivity index (χ0n) is 11.9. The first-order valence-corrected chi connectivity index (χ1v) is 6.82. The summed E-state index contributed by atoms with van der Waals surface area (Å²) in [5.41, 5.74) is 4.39. The molecule has 0 unspecified atom stereocenters. The Morgan fingerprint density at radius 1 is 1.11 bits per heavy atom. The zero-order chi connectivity index (χ0) is 13.7. The third-order valence-corrected chi connectivity index (χ3v) is 3.03. The summed E-state index contributed by atoms with van der Waals surface area (Å²) in [4.78, 5) is 9.22. The van der Waals surface area contributed by atoms with Gasteiger partial charge in [-0.3, -0.25) is 0 Å². The normalized spacial score (nSPS) is 10.7. The summed E-state index contributed by atoms with van der Waals surface area (Å²) in [5.74, 6) is 0.825. The number of hydrogen-bond donors (Lipinski definition) is 1. The van der Waals surface area contributed by atoms with Gasteiger partial charge in [-0.1, -0.05) is 31.2 Å². The molecule has 0 saturated heterocycles. The summed E-state index contributed by atoms with van der Waals surface area (Å²) in [6, 6.07) is 10.3. The molecule has 0 aliphatic heterocycles. The minimum absolute atomic E-state index is 0.802. The molecule has 1 N–H and O–H groups in total. The van der Waals surface area contributed by atoms with Gasteiger partial charge in [0.2, 0.25) is 0 Å². The van der Waals surface area contributed by atoms with E-state index in [4.69, 9.17) is 0 Å². The molecule has 1 aromatic carbocycles. The van der Waals surface area contributed by atoms with Gasteiger partial charge in [0.25, 0.3) is 0 Å². The molecule has 0 aliphatic carbocycles. The lowest BCUT2D eigenvalue weighted by atomic mass is 10.1. The van der Waals surface area contributed by atoms with Crippen molar-refractivity contribution in [3.05, 3.63) is 47.3 Å². The smallest absolute Gasteiger partial charge is 0.159 e. The quantitative estimate of drug-likeness (QED) is 0.833. The lowest BCUT2D eigenvalue weighted by Gasteiger charge is -2.08. The Bertz CT molecular complexity index is 549. The van der Waals surface area contributed by atoms with Gasteiger partial charge in [0.15, 0.2) is 5.82 Å². The fourth-order valence-electron chi connectivity index (χ4n) is 2.06. The molecule has 3 heteroatoms. The summed E-state index contributed by atoms with van der Waals surface area (Å²) in [7, 11) is 0. The van der Waals surface area contributed by atoms with Crippen LogP contribution < -0.4 is 5.32 Å². The molecule has 0 amide bonds. The van der Waals surface area contributed by atoms with Crippen LogP contribution in [0.4, 0.5) is 0 Å². The van der Waals surface area contributed by atoms with E-state index in [1.54, 1.807) is 0 Å². The number of nitrogens with zero attached hydrogens (tertiary/aromatic N) is 2. The van der Waals surface area contributed by atoms with Crippen molar-refractivity contribution in [3.63, 3.8) is 0 Å². The van der Waals surface area contributed by atoms with Crippen molar-refractivity contribution in [2.24, 2.45) is 0 Å². The third-order valence-electron chi connectivity index (χ3n) is 3.03. The van der Waals surface area contributed by atoms with E-state index in [1.807, 2.05) is 25.1 Å². The second-order valence-corrected chi connectivity index (χ2v) is 4.82. The van der Waals surface area contributed by atoms with Crippen molar-refractivity contribution in [2.45, 2.75) is 33.7 Å². The summed E-state index contributed by atoms with van der Waals surface area (Å²) in [6.07, 6.45) is 1.13. The fraction of sp³-hybridized carbons (Fsp3) is 0.375. The molecule has 0 bridgehead atoms. The Morgan fingerprint density at radius 2 is 1.89 bits per heavy atom. The Hall–Kier alpha value is -1.74. The Labute approximate surface area is 115 Å². The molecule has 0 radical (unpaired) electrons. The first-order chi connectivity index (χ1) is 9.20. The number of nitrogens with one attached hydrogen (secondary N) is 1. The average molecular weight is 255 g/mol. The SMILES string of the molecule is CCCNCc1cc(C)nc(-c2ccccc2C)n1. The van der Waals surface area contributed by atoms with Gasteiger partial charge in [-0.25, -0.2) is 9.97 Å². The van der Waals surface area contributed by atoms with Crippen LogP contribution in [0.1, 0.15) is 30.3 Å². The lowest BCUT2D eigenvalue weighted by molar-refractivity contribution is 0.662. The zero-order valence-corrected chi connectivity index (χ0v) is 11.9. The molecule has 1 heterocycles. The van der Waals surface area contributed by atoms with Crippen molar-refractivity contribution in [3.8, 4) is 11.4 Å². The van der Waals surface area contributed by atoms with Crippen LogP contribution in [0.15, 0.2) is 30.3 Å². The molecule has 2 aromatic rings. The maximum absolute atomic E-state index is 4.66. The van der Waals surface area contributed by atoms with E-state index in [2.05, 4.69) is 41.3 Å². The summed E-state index contributed by atoms with van der Waals surface area (Å²) in [5, 5.41) is 3.38. The molecule has 0 aliphatic rings. The summed E-state index contributed by atoms with van der Waals surface area (Å²) in [6.45, 7) is 8.10. The second-order valence-electron chi connectivity index (χ2n) is 4.82. The van der Waals surface area contributed by atoms with Crippen molar-refractivity contribution in [2.75, 3.05) is 6.54 Å². The minimum Gasteiger partial charge on any atom is -0.311 e. The summed E-state index contributed by atoms with van der Waals surface area (Å²) >= 11 is 0. The molecular weight excluding hydrogens is 234 g/mol. The van der Waals surface area contributed by atoms with Gasteiger partial charge in [0.05, 0.1) is 5.69 Å². The van der Waals surface area contributed by atoms with Crippen LogP contribution in [0.2, 0.25) is 0 Å². The number of benzene rings is 1. The van der Waals surface area contributed by atoms with Crippen LogP contribution in [0.3, 0.4) is 0 Å². The van der Waals surface area contributed by atoms with Crippen molar-refractivity contribution in [1.29, 1.82) is 0 Å². The number of rotatable bonds is 5. The molecule has 0 spiro atoms. The first kappa shape index (κ1) is 13.7. The topological polar surface area (TPSA) is 37.8 Å². The van der Waals surface area contributed by atoms with Crippen molar-refractivity contribution in [1.82, 2.24) is 15.3 Å². The molecule has 2 rings (SSSR count). The van der Waals surface area contributed by atoms with Crippen molar-refractivity contribution >= 4 is 0 Å². The predicted octanol–water partition coefficient (Wildman–Crippen LogP) is 3.26. The Kier molecular flexibility index (Phi) is 4.63. The maximum atomic E-state index is 4.66. The van der Waals surface area contributed by atoms with E-state index in [0.717, 1.165) is 42.3 Å². The van der Waals surface area contributed by atoms with E-state index in [1.165, 1.54) is 5.56 Å². The summed E-state index contributed by atoms with van der Waals surface area (Å²) < 4.78 is 0. The highest BCUT2D eigenvalue weighted by atomic mass is 14.9. The molecule has 3 nitrogen and oxygen atoms in total. The highest BCUT2D eigenvalue weighted by Gasteiger charge is 2.07. The van der Waals surface area contributed by atoms with Crippen LogP contribution in [0.25, 0.3) is 11.4 Å². The van der Waals surface area contributed by atoms with E-state index in [-0.39, 0.29) is 0 Å². The van der Waals surface area contributed by atoms with Gasteiger partial charge in [-0.15, -0.1) is 0 Å². The van der Waals surface area contributed by atoms with Gasteiger partial charge in [0, 0.05) is 17.8 Å². The number of aryl methyl sites for hydroxylation is 2. The van der Waals surface area contributed by atoms with Crippen molar-refractivity contribution < 1.29 is 0 Å². The van der Waals surface area contributed by atoms with E-state index in [9.17, 15) is 0 Å². The molecular formula is C16H21N3. The number of aromatic nitrogens is 2. The predicted molar refractivity (Wildman–Crippen MR) is 78.9 cm³/mol. The standard InChI is InChI=1S/C16H21N3/c1-4-9-17-11-14-10-13(3)18-16(19-14)15-8-6-5-7-12(15)2/h5-8,10,17H,4,9,11H2,1-3H3. The van der Waals surface area contributed by atoms with Crippen LogP contribution in [-0.4, -0.2) is 16.5 Å². The average Bonchev–Trinajstić information content (AvgIpc) is 2.39. The van der Waals surface area contributed by atoms with Gasteiger partial charge in [0.1, 0.15) is 0 Å². The Morgan fingerprint density at radius 3 is 2.63 bits per heavy atom.